The van der Waals surface area contributed by atoms with Crippen molar-refractivity contribution in [1.82, 2.24) is 19.6 Å². The van der Waals surface area contributed by atoms with Crippen molar-refractivity contribution < 1.29 is 63.9 Å². The van der Waals surface area contributed by atoms with Gasteiger partial charge in [0.2, 0.25) is 0 Å². The minimum Gasteiger partial charge on any atom is -0.324 e. The highest BCUT2D eigenvalue weighted by atomic mass is 31.2. The summed E-state index contributed by atoms with van der Waals surface area (Å²) in [6, 6.07) is 8.17. The number of rotatable bonds is 8. The van der Waals surface area contributed by atoms with Crippen molar-refractivity contribution in [2.24, 2.45) is 0 Å². The lowest BCUT2D eigenvalue weighted by molar-refractivity contribution is -0.143. The van der Waals surface area contributed by atoms with Crippen LogP contribution in [0, 0.1) is 11.6 Å². The Balaban J connectivity index is 0.000000228. The Morgan fingerprint density at radius 3 is 1.60 bits per heavy atom. The van der Waals surface area contributed by atoms with Crippen LogP contribution in [0.4, 0.5) is 35.1 Å². The third-order valence-electron chi connectivity index (χ3n) is 7.13. The molecule has 10 nitrogen and oxygen atoms in total. The second-order valence-electron chi connectivity index (χ2n) is 10.8. The predicted molar refractivity (Wildman–Crippen MR) is 159 cm³/mol. The van der Waals surface area contributed by atoms with Crippen molar-refractivity contribution in [3.05, 3.63) is 107 Å². The molecule has 1 aliphatic rings. The van der Waals surface area contributed by atoms with Gasteiger partial charge in [-0.1, -0.05) is 6.08 Å². The molecule has 2 aromatic heterocycles. The topological polar surface area (TPSA) is 144 Å². The number of aromatic nitrogens is 4. The Labute approximate surface area is 277 Å². The van der Waals surface area contributed by atoms with Gasteiger partial charge in [-0.15, -0.1) is 0 Å². The summed E-state index contributed by atoms with van der Waals surface area (Å²) in [7, 11) is -4.83. The third kappa shape index (κ3) is 9.46. The SMILES string of the molecule is O=C(CP(=O)(O)O)c1cnn(-c2ccc(F)cc2)c1C(F)(F)F.O=C1CCCCC=C1CC(=O)c1cnn(-c2ccc(F)cc2)c1C(F)(F)F. The summed E-state index contributed by atoms with van der Waals surface area (Å²) in [6.07, 6.45) is -6.16. The van der Waals surface area contributed by atoms with E-state index in [1.54, 1.807) is 6.08 Å². The molecule has 266 valence electrons. The highest BCUT2D eigenvalue weighted by Crippen LogP contribution is 2.39. The van der Waals surface area contributed by atoms with Crippen molar-refractivity contribution >= 4 is 24.9 Å². The lowest BCUT2D eigenvalue weighted by atomic mass is 9.99. The molecular weight excluding hydrogens is 707 g/mol. The first kappa shape index (κ1) is 38.0. The number of carbonyl (C=O) groups is 3. The molecule has 0 atom stereocenters. The van der Waals surface area contributed by atoms with E-state index in [4.69, 9.17) is 9.79 Å². The van der Waals surface area contributed by atoms with Gasteiger partial charge in [0.25, 0.3) is 0 Å². The maximum Gasteiger partial charge on any atom is 0.434 e. The smallest absolute Gasteiger partial charge is 0.324 e. The van der Waals surface area contributed by atoms with Gasteiger partial charge in [0.15, 0.2) is 28.7 Å². The fourth-order valence-corrected chi connectivity index (χ4v) is 5.44. The fraction of sp³-hybridized carbons (Fsp3) is 0.258. The monoisotopic (exact) mass is 732 g/mol. The maximum absolute atomic E-state index is 13.6. The van der Waals surface area contributed by atoms with Gasteiger partial charge in [0.05, 0.1) is 34.9 Å². The van der Waals surface area contributed by atoms with Crippen LogP contribution in [0.2, 0.25) is 0 Å². The van der Waals surface area contributed by atoms with E-state index in [-0.39, 0.29) is 22.7 Å². The quantitative estimate of drug-likeness (QED) is 0.111. The zero-order chi connectivity index (χ0) is 37.0. The van der Waals surface area contributed by atoms with E-state index in [2.05, 4.69) is 10.2 Å². The van der Waals surface area contributed by atoms with E-state index in [9.17, 15) is 54.1 Å². The molecular formula is C31H25F8N4O6P. The Hall–Kier alpha value is -4.80. The van der Waals surface area contributed by atoms with Crippen molar-refractivity contribution in [2.75, 3.05) is 6.16 Å². The largest absolute Gasteiger partial charge is 0.434 e. The van der Waals surface area contributed by atoms with Crippen LogP contribution < -0.4 is 0 Å². The van der Waals surface area contributed by atoms with Crippen LogP contribution in [-0.2, 0) is 21.7 Å². The van der Waals surface area contributed by atoms with Gasteiger partial charge in [-0.25, -0.2) is 18.1 Å². The average molecular weight is 733 g/mol. The number of hydrogen-bond donors (Lipinski definition) is 2. The van der Waals surface area contributed by atoms with Crippen LogP contribution in [0.5, 0.6) is 0 Å². The zero-order valence-electron chi connectivity index (χ0n) is 25.4. The first-order chi connectivity index (χ1) is 23.3. The van der Waals surface area contributed by atoms with Crippen molar-refractivity contribution in [2.45, 2.75) is 44.5 Å². The van der Waals surface area contributed by atoms with E-state index in [0.717, 1.165) is 61.1 Å². The summed E-state index contributed by atoms with van der Waals surface area (Å²) in [6.45, 7) is 0. The van der Waals surface area contributed by atoms with Crippen LogP contribution in [0.25, 0.3) is 11.4 Å². The molecule has 0 saturated heterocycles. The predicted octanol–water partition coefficient (Wildman–Crippen LogP) is 7.06. The molecule has 0 spiro atoms. The average Bonchev–Trinajstić information content (AvgIpc) is 3.62. The van der Waals surface area contributed by atoms with Crippen molar-refractivity contribution in [3.8, 4) is 11.4 Å². The van der Waals surface area contributed by atoms with E-state index in [0.29, 0.717) is 34.8 Å². The Bertz CT molecular complexity index is 1960. The number of halogens is 8. The Kier molecular flexibility index (Phi) is 11.4. The van der Waals surface area contributed by atoms with E-state index in [1.165, 1.54) is 0 Å². The number of hydrogen-bond acceptors (Lipinski definition) is 6. The molecule has 0 fully saturated rings. The summed E-state index contributed by atoms with van der Waals surface area (Å²) in [4.78, 5) is 53.7. The number of allylic oxidation sites excluding steroid dienone is 2. The lowest BCUT2D eigenvalue weighted by Gasteiger charge is -2.12. The molecule has 0 aliphatic heterocycles. The Morgan fingerprint density at radius 1 is 0.740 bits per heavy atom. The number of alkyl halides is 6. The normalized spacial score (nSPS) is 14.0. The zero-order valence-corrected chi connectivity index (χ0v) is 26.3. The maximum atomic E-state index is 13.6. The highest BCUT2D eigenvalue weighted by molar-refractivity contribution is 7.52. The number of carbonyl (C=O) groups excluding carboxylic acids is 3. The molecule has 0 radical (unpaired) electrons. The minimum absolute atomic E-state index is 0.0208. The van der Waals surface area contributed by atoms with Gasteiger partial charge in [-0.2, -0.15) is 36.5 Å². The van der Waals surface area contributed by atoms with Crippen LogP contribution in [0.3, 0.4) is 0 Å². The third-order valence-corrected chi connectivity index (χ3v) is 7.83. The second-order valence-corrected chi connectivity index (χ2v) is 12.5. The number of nitrogens with zero attached hydrogens (tertiary/aromatic N) is 4. The first-order valence-electron chi connectivity index (χ1n) is 14.4. The second kappa shape index (κ2) is 15.0. The van der Waals surface area contributed by atoms with Crippen LogP contribution in [-0.4, -0.2) is 52.9 Å². The van der Waals surface area contributed by atoms with Crippen molar-refractivity contribution in [1.29, 1.82) is 0 Å². The minimum atomic E-state index is -5.01. The number of benzene rings is 2. The van der Waals surface area contributed by atoms with E-state index < -0.39 is 78.2 Å². The number of ketones is 3. The molecule has 50 heavy (non-hydrogen) atoms. The van der Waals surface area contributed by atoms with Gasteiger partial charge in [-0.3, -0.25) is 18.9 Å². The molecule has 4 aromatic rings. The summed E-state index contributed by atoms with van der Waals surface area (Å²) >= 11 is 0. The number of Topliss-reactive ketones (excluding diaryl/α,β-unsaturated/α-hetero) is 3. The molecule has 0 unspecified atom stereocenters. The van der Waals surface area contributed by atoms with Crippen LogP contribution in [0.15, 0.2) is 72.6 Å². The Morgan fingerprint density at radius 2 is 1.18 bits per heavy atom. The van der Waals surface area contributed by atoms with Gasteiger partial charge >= 0.3 is 19.9 Å². The molecule has 0 bridgehead atoms. The molecule has 5 rings (SSSR count). The standard InChI is InChI=1S/C19H16F4N2O2.C12H9F4N2O4P/c20-13-6-8-14(9-7-13)25-18(19(21,22)23)15(11-24-25)17(27)10-12-4-2-1-3-5-16(12)26;13-7-1-3-8(4-2-7)18-11(12(14,15)16)9(5-17-18)10(19)6-23(20,21)22/h4,6-9,11H,1-3,5,10H2;1-5H,6H2,(H2,20,21,22). The lowest BCUT2D eigenvalue weighted by Crippen LogP contribution is -2.18. The van der Waals surface area contributed by atoms with Gasteiger partial charge in [0.1, 0.15) is 17.8 Å². The van der Waals surface area contributed by atoms with Crippen molar-refractivity contribution in [3.63, 3.8) is 0 Å². The van der Waals surface area contributed by atoms with E-state index in [1.807, 2.05) is 0 Å². The van der Waals surface area contributed by atoms with Gasteiger partial charge in [-0.05, 0) is 73.4 Å². The van der Waals surface area contributed by atoms with Gasteiger partial charge in [0, 0.05) is 12.8 Å². The molecule has 2 aromatic carbocycles. The summed E-state index contributed by atoms with van der Waals surface area (Å²) in [5, 5.41) is 7.12. The molecule has 1 aliphatic carbocycles. The fourth-order valence-electron chi connectivity index (χ4n) is 4.90. The molecule has 2 heterocycles. The molecule has 0 saturated carbocycles. The molecule has 19 heteroatoms. The van der Waals surface area contributed by atoms with E-state index >= 15 is 0 Å². The summed E-state index contributed by atoms with van der Waals surface area (Å²) < 4.78 is 118. The van der Waals surface area contributed by atoms with Crippen LogP contribution in [0.1, 0.15) is 64.2 Å². The first-order valence-corrected chi connectivity index (χ1v) is 16.2. The molecule has 2 N–H and O–H groups in total. The van der Waals surface area contributed by atoms with Gasteiger partial charge < -0.3 is 9.79 Å². The van der Waals surface area contributed by atoms with Crippen LogP contribution >= 0.6 is 7.60 Å². The summed E-state index contributed by atoms with van der Waals surface area (Å²) in [5.74, 6) is -3.70. The summed E-state index contributed by atoms with van der Waals surface area (Å²) in [5.41, 5.74) is -4.22. The highest BCUT2D eigenvalue weighted by Gasteiger charge is 2.42. The molecule has 0 amide bonds.